The van der Waals surface area contributed by atoms with E-state index in [0.29, 0.717) is 27.3 Å². The summed E-state index contributed by atoms with van der Waals surface area (Å²) in [6.07, 6.45) is 0. The molecule has 0 N–H and O–H groups in total. The summed E-state index contributed by atoms with van der Waals surface area (Å²) >= 11 is 12.2. The standard InChI is InChI=1S/C14H9Cl2NO/c1-8-2-4-11-13(6-8)18-12-5-3-9(15)7-10(12)14(16)17-11/h2-7H,1H3. The number of nitrogens with zero attached hydrogens (tertiary/aromatic N) is 1. The van der Waals surface area contributed by atoms with Gasteiger partial charge in [0.05, 0.1) is 5.56 Å². The molecular weight excluding hydrogens is 269 g/mol. The first-order valence-corrected chi connectivity index (χ1v) is 6.22. The number of ether oxygens (including phenoxy) is 1. The van der Waals surface area contributed by atoms with E-state index in [2.05, 4.69) is 4.99 Å². The number of benzene rings is 2. The fourth-order valence-electron chi connectivity index (χ4n) is 1.83. The van der Waals surface area contributed by atoms with Crippen LogP contribution in [0.1, 0.15) is 11.1 Å². The SMILES string of the molecule is Cc1ccc2c(c1)Oc1ccc(Cl)cc1C(Cl)=N2. The van der Waals surface area contributed by atoms with Gasteiger partial charge in [0.15, 0.2) is 5.75 Å². The Morgan fingerprint density at radius 3 is 2.67 bits per heavy atom. The molecule has 0 atom stereocenters. The molecule has 2 aromatic rings. The fraction of sp³-hybridized carbons (Fsp3) is 0.0714. The van der Waals surface area contributed by atoms with E-state index in [1.807, 2.05) is 25.1 Å². The number of fused-ring (bicyclic) bond motifs is 2. The van der Waals surface area contributed by atoms with Crippen LogP contribution in [0.25, 0.3) is 0 Å². The third kappa shape index (κ3) is 1.98. The van der Waals surface area contributed by atoms with Crippen LogP contribution < -0.4 is 4.74 Å². The zero-order chi connectivity index (χ0) is 12.7. The van der Waals surface area contributed by atoms with Crippen molar-refractivity contribution in [3.8, 4) is 11.5 Å². The summed E-state index contributed by atoms with van der Waals surface area (Å²) in [6, 6.07) is 11.1. The minimum atomic E-state index is 0.384. The molecule has 0 spiro atoms. The monoisotopic (exact) mass is 277 g/mol. The summed E-state index contributed by atoms with van der Waals surface area (Å²) in [4.78, 5) is 4.36. The Morgan fingerprint density at radius 1 is 1.00 bits per heavy atom. The Hall–Kier alpha value is -1.51. The van der Waals surface area contributed by atoms with Crippen LogP contribution in [0, 0.1) is 6.92 Å². The fourth-order valence-corrected chi connectivity index (χ4v) is 2.24. The van der Waals surface area contributed by atoms with Crippen LogP contribution in [-0.2, 0) is 0 Å². The highest BCUT2D eigenvalue weighted by molar-refractivity contribution is 6.70. The van der Waals surface area contributed by atoms with Gasteiger partial charge in [0, 0.05) is 5.02 Å². The Morgan fingerprint density at radius 2 is 1.83 bits per heavy atom. The second-order valence-corrected chi connectivity index (χ2v) is 4.91. The summed E-state index contributed by atoms with van der Waals surface area (Å²) in [7, 11) is 0. The maximum atomic E-state index is 6.20. The van der Waals surface area contributed by atoms with E-state index < -0.39 is 0 Å². The van der Waals surface area contributed by atoms with Crippen LogP contribution in [0.4, 0.5) is 5.69 Å². The van der Waals surface area contributed by atoms with Crippen molar-refractivity contribution in [1.82, 2.24) is 0 Å². The van der Waals surface area contributed by atoms with Crippen LogP contribution in [0.2, 0.25) is 5.02 Å². The van der Waals surface area contributed by atoms with Crippen molar-refractivity contribution >= 4 is 34.1 Å². The molecule has 2 nitrogen and oxygen atoms in total. The quantitative estimate of drug-likeness (QED) is 0.659. The van der Waals surface area contributed by atoms with E-state index in [0.717, 1.165) is 11.3 Å². The molecule has 0 aliphatic carbocycles. The molecule has 0 unspecified atom stereocenters. The third-order valence-corrected chi connectivity index (χ3v) is 3.24. The Kier molecular flexibility index (Phi) is 2.77. The van der Waals surface area contributed by atoms with Gasteiger partial charge in [0.2, 0.25) is 0 Å². The van der Waals surface area contributed by atoms with Crippen molar-refractivity contribution in [2.24, 2.45) is 4.99 Å². The highest BCUT2D eigenvalue weighted by Crippen LogP contribution is 2.39. The zero-order valence-corrected chi connectivity index (χ0v) is 11.1. The molecule has 4 heteroatoms. The van der Waals surface area contributed by atoms with E-state index >= 15 is 0 Å². The number of hydrogen-bond donors (Lipinski definition) is 0. The van der Waals surface area contributed by atoms with Gasteiger partial charge < -0.3 is 4.74 Å². The van der Waals surface area contributed by atoms with Crippen molar-refractivity contribution < 1.29 is 4.74 Å². The second-order valence-electron chi connectivity index (χ2n) is 4.12. The van der Waals surface area contributed by atoms with Crippen LogP contribution >= 0.6 is 23.2 Å². The molecule has 0 fully saturated rings. The molecule has 1 heterocycles. The molecule has 0 amide bonds. The average molecular weight is 278 g/mol. The van der Waals surface area contributed by atoms with Crippen LogP contribution in [0.3, 0.4) is 0 Å². The van der Waals surface area contributed by atoms with Crippen molar-refractivity contribution in [2.45, 2.75) is 6.92 Å². The van der Waals surface area contributed by atoms with Gasteiger partial charge in [-0.05, 0) is 42.8 Å². The topological polar surface area (TPSA) is 21.6 Å². The number of hydrogen-bond acceptors (Lipinski definition) is 2. The van der Waals surface area contributed by atoms with Crippen LogP contribution in [-0.4, -0.2) is 5.17 Å². The average Bonchev–Trinajstić information content (AvgIpc) is 2.46. The van der Waals surface area contributed by atoms with Gasteiger partial charge in [-0.2, -0.15) is 0 Å². The van der Waals surface area contributed by atoms with Crippen LogP contribution in [0.15, 0.2) is 41.4 Å². The molecular formula is C14H9Cl2NO. The van der Waals surface area contributed by atoms with Gasteiger partial charge in [-0.15, -0.1) is 0 Å². The van der Waals surface area contributed by atoms with E-state index in [4.69, 9.17) is 27.9 Å². The van der Waals surface area contributed by atoms with Gasteiger partial charge in [-0.25, -0.2) is 4.99 Å². The molecule has 3 rings (SSSR count). The minimum absolute atomic E-state index is 0.384. The third-order valence-electron chi connectivity index (χ3n) is 2.72. The smallest absolute Gasteiger partial charge is 0.153 e. The Balaban J connectivity index is 2.23. The van der Waals surface area contributed by atoms with Crippen molar-refractivity contribution in [1.29, 1.82) is 0 Å². The molecule has 2 aromatic carbocycles. The first-order chi connectivity index (χ1) is 8.63. The Labute approximate surface area is 115 Å². The summed E-state index contributed by atoms with van der Waals surface area (Å²) in [5, 5.41) is 0.989. The summed E-state index contributed by atoms with van der Waals surface area (Å²) in [6.45, 7) is 2.00. The van der Waals surface area contributed by atoms with E-state index in [9.17, 15) is 0 Å². The second kappa shape index (κ2) is 4.30. The molecule has 0 saturated carbocycles. The largest absolute Gasteiger partial charge is 0.454 e. The predicted octanol–water partition coefficient (Wildman–Crippen LogP) is 5.07. The highest BCUT2D eigenvalue weighted by atomic mass is 35.5. The normalized spacial score (nSPS) is 12.9. The summed E-state index contributed by atoms with van der Waals surface area (Å²) in [5.41, 5.74) is 2.54. The number of halogens is 2. The predicted molar refractivity (Wildman–Crippen MR) is 74.8 cm³/mol. The van der Waals surface area contributed by atoms with Gasteiger partial charge in [0.25, 0.3) is 0 Å². The van der Waals surface area contributed by atoms with Crippen molar-refractivity contribution in [3.63, 3.8) is 0 Å². The van der Waals surface area contributed by atoms with Crippen molar-refractivity contribution in [2.75, 3.05) is 0 Å². The molecule has 0 bridgehead atoms. The lowest BCUT2D eigenvalue weighted by atomic mass is 10.2. The molecule has 0 aromatic heterocycles. The van der Waals surface area contributed by atoms with Gasteiger partial charge in [-0.1, -0.05) is 29.3 Å². The van der Waals surface area contributed by atoms with E-state index in [-0.39, 0.29) is 0 Å². The van der Waals surface area contributed by atoms with Crippen molar-refractivity contribution in [3.05, 3.63) is 52.5 Å². The lowest BCUT2D eigenvalue weighted by Gasteiger charge is -2.08. The first kappa shape index (κ1) is 11.6. The molecule has 18 heavy (non-hydrogen) atoms. The lowest BCUT2D eigenvalue weighted by molar-refractivity contribution is 0.484. The van der Waals surface area contributed by atoms with E-state index in [1.165, 1.54) is 0 Å². The van der Waals surface area contributed by atoms with Gasteiger partial charge in [-0.3, -0.25) is 0 Å². The van der Waals surface area contributed by atoms with E-state index in [1.54, 1.807) is 18.2 Å². The summed E-state index contributed by atoms with van der Waals surface area (Å²) < 4.78 is 5.85. The Bertz CT molecular complexity index is 665. The van der Waals surface area contributed by atoms with Gasteiger partial charge in [0.1, 0.15) is 16.6 Å². The molecule has 1 aliphatic heterocycles. The lowest BCUT2D eigenvalue weighted by Crippen LogP contribution is -1.93. The first-order valence-electron chi connectivity index (χ1n) is 5.46. The molecule has 0 saturated heterocycles. The number of aryl methyl sites for hydroxylation is 1. The van der Waals surface area contributed by atoms with Crippen LogP contribution in [0.5, 0.6) is 11.5 Å². The minimum Gasteiger partial charge on any atom is -0.454 e. The molecule has 0 radical (unpaired) electrons. The zero-order valence-electron chi connectivity index (χ0n) is 9.58. The van der Waals surface area contributed by atoms with Gasteiger partial charge >= 0.3 is 0 Å². The summed E-state index contributed by atoms with van der Waals surface area (Å²) in [5.74, 6) is 1.37. The molecule has 1 aliphatic rings. The number of aliphatic imine (C=N–C) groups is 1. The maximum Gasteiger partial charge on any atom is 0.153 e. The highest BCUT2D eigenvalue weighted by Gasteiger charge is 2.17. The maximum absolute atomic E-state index is 6.20. The molecule has 90 valence electrons. The number of rotatable bonds is 0.